The lowest BCUT2D eigenvalue weighted by molar-refractivity contribution is -0.137. The number of benzene rings is 4. The molecule has 6 heteroatoms. The van der Waals surface area contributed by atoms with Crippen LogP contribution in [0.4, 0.5) is 18.9 Å². The summed E-state index contributed by atoms with van der Waals surface area (Å²) in [5.41, 5.74) is 5.97. The number of alkyl halides is 3. The lowest BCUT2D eigenvalue weighted by Gasteiger charge is -2.40. The lowest BCUT2D eigenvalue weighted by atomic mass is 9.87. The minimum Gasteiger partial charge on any atom is -0.497 e. The van der Waals surface area contributed by atoms with Crippen LogP contribution in [0.3, 0.4) is 0 Å². The number of fused-ring (bicyclic) bond motifs is 2. The molecule has 2 heterocycles. The minimum absolute atomic E-state index is 0.282. The van der Waals surface area contributed by atoms with Crippen LogP contribution in [0, 0.1) is 0 Å². The summed E-state index contributed by atoms with van der Waals surface area (Å²) in [4.78, 5) is 5.50. The van der Waals surface area contributed by atoms with Gasteiger partial charge in [-0.05, 0) is 59.2 Å². The molecule has 0 radical (unpaired) electrons. The third-order valence-electron chi connectivity index (χ3n) is 6.86. The number of nitrogens with zero attached hydrogens (tertiary/aromatic N) is 1. The normalized spacial score (nSPS) is 15.4. The molecule has 1 aromatic heterocycles. The van der Waals surface area contributed by atoms with Crippen molar-refractivity contribution in [3.63, 3.8) is 0 Å². The Morgan fingerprint density at radius 3 is 2.27 bits per heavy atom. The fraction of sp³-hybridized carbons (Fsp3) is 0.0968. The van der Waals surface area contributed by atoms with Crippen LogP contribution < -0.4 is 9.64 Å². The van der Waals surface area contributed by atoms with E-state index in [4.69, 9.17) is 4.74 Å². The Kier molecular flexibility index (Phi) is 5.52. The standard InChI is InChI=1S/C31H23F3N2O/c1-37-24-15-16-26-27(19-35-28(26)18-24)30-25-10-6-5-9-21(25)17-29(20-7-3-2-4-8-20)36(30)23-13-11-22(12-14-23)31(32,33)34/h2-19,30,35H,1H3. The number of ether oxygens (including phenoxy) is 1. The molecule has 1 N–H and O–H groups in total. The van der Waals surface area contributed by atoms with Gasteiger partial charge in [0, 0.05) is 40.1 Å². The molecular weight excluding hydrogens is 473 g/mol. The molecule has 0 saturated heterocycles. The molecular formula is C31H23F3N2O. The third-order valence-corrected chi connectivity index (χ3v) is 6.86. The summed E-state index contributed by atoms with van der Waals surface area (Å²) < 4.78 is 45.6. The number of nitrogens with one attached hydrogen (secondary N) is 1. The Morgan fingerprint density at radius 1 is 0.811 bits per heavy atom. The van der Waals surface area contributed by atoms with E-state index in [1.807, 2.05) is 66.9 Å². The number of methoxy groups -OCH3 is 1. The summed E-state index contributed by atoms with van der Waals surface area (Å²) in [7, 11) is 1.63. The van der Waals surface area contributed by atoms with Crippen LogP contribution in [0.1, 0.15) is 33.9 Å². The maximum Gasteiger partial charge on any atom is 0.416 e. The average molecular weight is 497 g/mol. The summed E-state index contributed by atoms with van der Waals surface area (Å²) >= 11 is 0. The van der Waals surface area contributed by atoms with Crippen molar-refractivity contribution in [1.82, 2.24) is 4.98 Å². The predicted octanol–water partition coefficient (Wildman–Crippen LogP) is 8.30. The van der Waals surface area contributed by atoms with E-state index in [0.29, 0.717) is 5.69 Å². The molecule has 4 aromatic carbocycles. The van der Waals surface area contributed by atoms with Crippen molar-refractivity contribution in [3.8, 4) is 5.75 Å². The van der Waals surface area contributed by atoms with Crippen molar-refractivity contribution in [2.75, 3.05) is 12.0 Å². The highest BCUT2D eigenvalue weighted by Gasteiger charge is 2.35. The molecule has 0 amide bonds. The number of hydrogen-bond acceptors (Lipinski definition) is 2. The zero-order valence-electron chi connectivity index (χ0n) is 20.0. The first-order valence-electron chi connectivity index (χ1n) is 11.9. The monoisotopic (exact) mass is 496 g/mol. The van der Waals surface area contributed by atoms with Gasteiger partial charge in [-0.2, -0.15) is 13.2 Å². The minimum atomic E-state index is -4.40. The van der Waals surface area contributed by atoms with E-state index in [-0.39, 0.29) is 6.04 Å². The molecule has 0 bridgehead atoms. The number of aromatic nitrogens is 1. The Morgan fingerprint density at radius 2 is 1.54 bits per heavy atom. The van der Waals surface area contributed by atoms with Crippen LogP contribution >= 0.6 is 0 Å². The average Bonchev–Trinajstić information content (AvgIpc) is 3.35. The fourth-order valence-electron chi connectivity index (χ4n) is 5.10. The van der Waals surface area contributed by atoms with E-state index < -0.39 is 11.7 Å². The second-order valence-corrected chi connectivity index (χ2v) is 9.00. The summed E-state index contributed by atoms with van der Waals surface area (Å²) in [6.45, 7) is 0. The molecule has 37 heavy (non-hydrogen) atoms. The van der Waals surface area contributed by atoms with Gasteiger partial charge in [-0.15, -0.1) is 0 Å². The zero-order chi connectivity index (χ0) is 25.6. The SMILES string of the molecule is COc1ccc2c(C3c4ccccc4C=C(c4ccccc4)N3c3ccc(C(F)(F)F)cc3)c[nH]c2c1. The van der Waals surface area contributed by atoms with Gasteiger partial charge in [-0.3, -0.25) is 0 Å². The Labute approximate surface area is 212 Å². The van der Waals surface area contributed by atoms with E-state index in [0.717, 1.165) is 56.7 Å². The first-order valence-corrected chi connectivity index (χ1v) is 11.9. The molecule has 184 valence electrons. The quantitative estimate of drug-likeness (QED) is 0.271. The van der Waals surface area contributed by atoms with Gasteiger partial charge in [0.05, 0.1) is 18.7 Å². The van der Waals surface area contributed by atoms with Crippen molar-refractivity contribution in [3.05, 3.63) is 131 Å². The van der Waals surface area contributed by atoms with Crippen molar-refractivity contribution in [2.45, 2.75) is 12.2 Å². The first kappa shape index (κ1) is 23.0. The third kappa shape index (κ3) is 4.04. The molecule has 1 aliphatic heterocycles. The van der Waals surface area contributed by atoms with Crippen molar-refractivity contribution < 1.29 is 17.9 Å². The molecule has 3 nitrogen and oxygen atoms in total. The topological polar surface area (TPSA) is 28.3 Å². The van der Waals surface area contributed by atoms with Gasteiger partial charge in [0.2, 0.25) is 0 Å². The number of halogens is 3. The Bertz CT molecular complexity index is 1600. The molecule has 1 aliphatic rings. The van der Waals surface area contributed by atoms with E-state index >= 15 is 0 Å². The molecule has 0 aliphatic carbocycles. The van der Waals surface area contributed by atoms with Crippen LogP contribution in [0.2, 0.25) is 0 Å². The number of rotatable bonds is 4. The number of H-pyrrole nitrogens is 1. The summed E-state index contributed by atoms with van der Waals surface area (Å²) in [6, 6.07) is 29.1. The van der Waals surface area contributed by atoms with Crippen LogP contribution in [-0.4, -0.2) is 12.1 Å². The van der Waals surface area contributed by atoms with Gasteiger partial charge in [0.15, 0.2) is 0 Å². The molecule has 0 spiro atoms. The molecule has 0 fully saturated rings. The number of aromatic amines is 1. The van der Waals surface area contributed by atoms with E-state index in [1.54, 1.807) is 19.2 Å². The van der Waals surface area contributed by atoms with E-state index in [9.17, 15) is 13.2 Å². The highest BCUT2D eigenvalue weighted by molar-refractivity contribution is 5.96. The smallest absolute Gasteiger partial charge is 0.416 e. The lowest BCUT2D eigenvalue weighted by Crippen LogP contribution is -2.31. The highest BCUT2D eigenvalue weighted by atomic mass is 19.4. The van der Waals surface area contributed by atoms with Crippen molar-refractivity contribution >= 4 is 28.4 Å². The van der Waals surface area contributed by atoms with E-state index in [2.05, 4.69) is 28.1 Å². The maximum absolute atomic E-state index is 13.4. The van der Waals surface area contributed by atoms with Crippen LogP contribution in [0.25, 0.3) is 22.7 Å². The molecule has 1 atom stereocenters. The van der Waals surface area contributed by atoms with E-state index in [1.165, 1.54) is 0 Å². The molecule has 0 saturated carbocycles. The summed E-state index contributed by atoms with van der Waals surface area (Å²) in [6.07, 6.45) is -0.312. The largest absolute Gasteiger partial charge is 0.497 e. The van der Waals surface area contributed by atoms with Gasteiger partial charge in [0.25, 0.3) is 0 Å². The number of anilines is 1. The second-order valence-electron chi connectivity index (χ2n) is 9.00. The van der Waals surface area contributed by atoms with Crippen molar-refractivity contribution in [2.24, 2.45) is 0 Å². The molecule has 5 aromatic rings. The summed E-state index contributed by atoms with van der Waals surface area (Å²) in [5.74, 6) is 0.745. The summed E-state index contributed by atoms with van der Waals surface area (Å²) in [5, 5.41) is 1.02. The first-order chi connectivity index (χ1) is 17.9. The van der Waals surface area contributed by atoms with Crippen molar-refractivity contribution in [1.29, 1.82) is 0 Å². The van der Waals surface area contributed by atoms with Gasteiger partial charge in [-0.1, -0.05) is 54.6 Å². The van der Waals surface area contributed by atoms with Crippen LogP contribution in [-0.2, 0) is 6.18 Å². The highest BCUT2D eigenvalue weighted by Crippen LogP contribution is 2.47. The van der Waals surface area contributed by atoms with Gasteiger partial charge in [-0.25, -0.2) is 0 Å². The van der Waals surface area contributed by atoms with Crippen LogP contribution in [0.5, 0.6) is 5.75 Å². The maximum atomic E-state index is 13.4. The van der Waals surface area contributed by atoms with Gasteiger partial charge in [0.1, 0.15) is 5.75 Å². The Balaban J connectivity index is 1.60. The van der Waals surface area contributed by atoms with Crippen LogP contribution in [0.15, 0.2) is 103 Å². The second kappa shape index (κ2) is 8.89. The zero-order valence-corrected chi connectivity index (χ0v) is 20.0. The van der Waals surface area contributed by atoms with Gasteiger partial charge < -0.3 is 14.6 Å². The number of hydrogen-bond donors (Lipinski definition) is 1. The molecule has 6 rings (SSSR count). The Hall–Kier alpha value is -4.45. The predicted molar refractivity (Wildman–Crippen MR) is 141 cm³/mol. The van der Waals surface area contributed by atoms with Gasteiger partial charge >= 0.3 is 6.18 Å². The fourth-order valence-corrected chi connectivity index (χ4v) is 5.10. The molecule has 1 unspecified atom stereocenters.